The third-order valence-electron chi connectivity index (χ3n) is 3.08. The number of anilines is 3. The van der Waals surface area contributed by atoms with Crippen LogP contribution in [0.1, 0.15) is 5.69 Å². The molecule has 0 aliphatic heterocycles. The molecule has 0 spiro atoms. The van der Waals surface area contributed by atoms with E-state index in [-0.39, 0.29) is 17.5 Å². The fourth-order valence-electron chi connectivity index (χ4n) is 2.04. The zero-order chi connectivity index (χ0) is 17.8. The molecule has 25 heavy (non-hydrogen) atoms. The lowest BCUT2D eigenvalue weighted by atomic mass is 10.3. The number of nitrogens with one attached hydrogen (secondary N) is 2. The number of amides is 1. The summed E-state index contributed by atoms with van der Waals surface area (Å²) in [6.07, 6.45) is 0. The second-order valence-corrected chi connectivity index (χ2v) is 7.34. The summed E-state index contributed by atoms with van der Waals surface area (Å²) in [7, 11) is 1.77. The van der Waals surface area contributed by atoms with Crippen molar-refractivity contribution in [3.05, 3.63) is 41.8 Å². The molecule has 2 N–H and O–H groups in total. The highest BCUT2D eigenvalue weighted by Crippen LogP contribution is 2.27. The second kappa shape index (κ2) is 7.62. The topological polar surface area (TPSA) is 84.7 Å². The van der Waals surface area contributed by atoms with Gasteiger partial charge in [-0.3, -0.25) is 9.48 Å². The first-order chi connectivity index (χ1) is 12.0. The molecule has 2 heterocycles. The summed E-state index contributed by atoms with van der Waals surface area (Å²) in [5.41, 5.74) is 1.43. The molecule has 0 fully saturated rings. The number of nitrogens with zero attached hydrogens (tertiary/aromatic N) is 4. The van der Waals surface area contributed by atoms with Gasteiger partial charge in [0.1, 0.15) is 11.6 Å². The first kappa shape index (κ1) is 17.4. The van der Waals surface area contributed by atoms with Crippen molar-refractivity contribution in [3.63, 3.8) is 0 Å². The Kier molecular flexibility index (Phi) is 5.29. The number of aromatic nitrogens is 4. The Morgan fingerprint density at radius 3 is 2.92 bits per heavy atom. The average molecular weight is 378 g/mol. The minimum atomic E-state index is -0.328. The molecule has 10 heteroatoms. The van der Waals surface area contributed by atoms with Gasteiger partial charge < -0.3 is 10.6 Å². The van der Waals surface area contributed by atoms with E-state index in [4.69, 9.17) is 0 Å². The maximum atomic E-state index is 13.2. The number of benzene rings is 1. The van der Waals surface area contributed by atoms with Crippen LogP contribution in [0.5, 0.6) is 0 Å². The van der Waals surface area contributed by atoms with E-state index < -0.39 is 0 Å². The summed E-state index contributed by atoms with van der Waals surface area (Å²) in [6.45, 7) is 1.86. The molecule has 3 rings (SSSR count). The van der Waals surface area contributed by atoms with Crippen LogP contribution < -0.4 is 10.6 Å². The molecule has 1 amide bonds. The molecule has 130 valence electrons. The van der Waals surface area contributed by atoms with Gasteiger partial charge in [-0.1, -0.05) is 29.2 Å². The van der Waals surface area contributed by atoms with Gasteiger partial charge in [0.05, 0.1) is 11.4 Å². The summed E-state index contributed by atoms with van der Waals surface area (Å²) in [6, 6.07) is 7.89. The van der Waals surface area contributed by atoms with E-state index in [9.17, 15) is 9.18 Å². The van der Waals surface area contributed by atoms with Crippen molar-refractivity contribution < 1.29 is 9.18 Å². The molecule has 0 aliphatic carbocycles. The third-order valence-corrected chi connectivity index (χ3v) is 5.05. The quantitative estimate of drug-likeness (QED) is 0.641. The van der Waals surface area contributed by atoms with E-state index >= 15 is 0 Å². The molecule has 0 radical (unpaired) electrons. The predicted molar refractivity (Wildman–Crippen MR) is 96.9 cm³/mol. The van der Waals surface area contributed by atoms with Gasteiger partial charge in [-0.25, -0.2) is 4.39 Å². The largest absolute Gasteiger partial charge is 0.330 e. The minimum Gasteiger partial charge on any atom is -0.330 e. The van der Waals surface area contributed by atoms with Gasteiger partial charge in [0.15, 0.2) is 4.34 Å². The number of carbonyl (C=O) groups excluding carboxylic acids is 1. The Balaban J connectivity index is 1.53. The Labute approximate surface area is 151 Å². The fraction of sp³-hybridized carbons (Fsp3) is 0.200. The van der Waals surface area contributed by atoms with Gasteiger partial charge >= 0.3 is 0 Å². The van der Waals surface area contributed by atoms with E-state index in [1.165, 1.54) is 35.2 Å². The minimum absolute atomic E-state index is 0.150. The number of carbonyl (C=O) groups is 1. The first-order valence-electron chi connectivity index (χ1n) is 7.29. The Morgan fingerprint density at radius 1 is 1.36 bits per heavy atom. The lowest BCUT2D eigenvalue weighted by Crippen LogP contribution is -2.16. The summed E-state index contributed by atoms with van der Waals surface area (Å²) < 4.78 is 15.4. The molecule has 2 aromatic heterocycles. The smallest absolute Gasteiger partial charge is 0.235 e. The number of aryl methyl sites for hydroxylation is 2. The van der Waals surface area contributed by atoms with Crippen LogP contribution in [0.25, 0.3) is 0 Å². The molecule has 1 aromatic carbocycles. The molecule has 7 nitrogen and oxygen atoms in total. The number of rotatable bonds is 6. The van der Waals surface area contributed by atoms with Crippen LogP contribution in [-0.4, -0.2) is 31.6 Å². The molecule has 0 aliphatic rings. The first-order valence-corrected chi connectivity index (χ1v) is 9.09. The summed E-state index contributed by atoms with van der Waals surface area (Å²) >= 11 is 2.58. The van der Waals surface area contributed by atoms with Gasteiger partial charge in [-0.05, 0) is 25.1 Å². The van der Waals surface area contributed by atoms with E-state index in [0.29, 0.717) is 21.0 Å². The van der Waals surface area contributed by atoms with Crippen molar-refractivity contribution in [1.29, 1.82) is 0 Å². The van der Waals surface area contributed by atoms with E-state index in [2.05, 4.69) is 25.9 Å². The summed E-state index contributed by atoms with van der Waals surface area (Å²) in [5, 5.41) is 18.5. The number of hydrogen-bond acceptors (Lipinski definition) is 7. The fourth-order valence-corrected chi connectivity index (χ4v) is 3.61. The number of halogens is 1. The Morgan fingerprint density at radius 2 is 2.20 bits per heavy atom. The molecule has 3 aromatic rings. The van der Waals surface area contributed by atoms with Gasteiger partial charge in [0, 0.05) is 18.8 Å². The summed E-state index contributed by atoms with van der Waals surface area (Å²) in [5.74, 6) is 0.376. The maximum absolute atomic E-state index is 13.2. The van der Waals surface area contributed by atoms with Crippen LogP contribution in [0, 0.1) is 12.7 Å². The van der Waals surface area contributed by atoms with E-state index in [1.807, 2.05) is 6.92 Å². The van der Waals surface area contributed by atoms with Crippen LogP contribution in [-0.2, 0) is 11.8 Å². The van der Waals surface area contributed by atoms with Crippen molar-refractivity contribution in [3.8, 4) is 0 Å². The van der Waals surface area contributed by atoms with Gasteiger partial charge in [-0.15, -0.1) is 10.2 Å². The van der Waals surface area contributed by atoms with Gasteiger partial charge in [-0.2, -0.15) is 5.10 Å². The highest BCUT2D eigenvalue weighted by atomic mass is 32.2. The molecule has 0 atom stereocenters. The van der Waals surface area contributed by atoms with Crippen molar-refractivity contribution in [2.24, 2.45) is 7.05 Å². The van der Waals surface area contributed by atoms with Crippen LogP contribution in [0.3, 0.4) is 0 Å². The number of thioether (sulfide) groups is 1. The predicted octanol–water partition coefficient (Wildman–Crippen LogP) is 3.19. The van der Waals surface area contributed by atoms with Crippen LogP contribution >= 0.6 is 23.1 Å². The molecular weight excluding hydrogens is 363 g/mol. The summed E-state index contributed by atoms with van der Waals surface area (Å²) in [4.78, 5) is 12.0. The zero-order valence-electron chi connectivity index (χ0n) is 13.5. The SMILES string of the molecule is Cc1cc(NC(=O)CSc2nnc(Nc3cccc(F)c3)s2)n(C)n1. The Bertz CT molecular complexity index is 894. The van der Waals surface area contributed by atoms with Gasteiger partial charge in [0.2, 0.25) is 11.0 Å². The normalized spacial score (nSPS) is 10.7. The molecule has 0 saturated heterocycles. The zero-order valence-corrected chi connectivity index (χ0v) is 15.1. The highest BCUT2D eigenvalue weighted by Gasteiger charge is 2.11. The lowest BCUT2D eigenvalue weighted by molar-refractivity contribution is -0.113. The Hall–Kier alpha value is -2.46. The van der Waals surface area contributed by atoms with E-state index in [1.54, 1.807) is 29.9 Å². The number of hydrogen-bond donors (Lipinski definition) is 2. The monoisotopic (exact) mass is 378 g/mol. The third kappa shape index (κ3) is 4.77. The van der Waals surface area contributed by atoms with Crippen molar-refractivity contribution in [2.75, 3.05) is 16.4 Å². The average Bonchev–Trinajstić information content (AvgIpc) is 3.12. The second-order valence-electron chi connectivity index (χ2n) is 5.14. The molecule has 0 bridgehead atoms. The highest BCUT2D eigenvalue weighted by molar-refractivity contribution is 8.01. The molecule has 0 saturated carbocycles. The lowest BCUT2D eigenvalue weighted by Gasteiger charge is -2.03. The van der Waals surface area contributed by atoms with Crippen molar-refractivity contribution in [1.82, 2.24) is 20.0 Å². The molecule has 0 unspecified atom stereocenters. The molecular formula is C15H15FN6OS2. The van der Waals surface area contributed by atoms with Crippen molar-refractivity contribution in [2.45, 2.75) is 11.3 Å². The standard InChI is InChI=1S/C15H15FN6OS2/c1-9-6-12(22(2)21-9)18-13(23)8-24-15-20-19-14(25-15)17-11-5-3-4-10(16)7-11/h3-7H,8H2,1-2H3,(H,17,19)(H,18,23). The van der Waals surface area contributed by atoms with Crippen LogP contribution in [0.2, 0.25) is 0 Å². The van der Waals surface area contributed by atoms with Crippen LogP contribution in [0.15, 0.2) is 34.7 Å². The van der Waals surface area contributed by atoms with Gasteiger partial charge in [0.25, 0.3) is 0 Å². The van der Waals surface area contributed by atoms with E-state index in [0.717, 1.165) is 5.69 Å². The maximum Gasteiger partial charge on any atom is 0.235 e. The van der Waals surface area contributed by atoms with Crippen LogP contribution in [0.4, 0.5) is 21.0 Å². The van der Waals surface area contributed by atoms with Crippen molar-refractivity contribution >= 4 is 45.6 Å².